The fraction of sp³-hybridized carbons (Fsp3) is 0.394. The highest BCUT2D eigenvalue weighted by atomic mass is 15.3. The van der Waals surface area contributed by atoms with Gasteiger partial charge < -0.3 is 9.80 Å². The zero-order valence-electron chi connectivity index (χ0n) is 48.9. The summed E-state index contributed by atoms with van der Waals surface area (Å²) in [4.78, 5) is 11.4. The third kappa shape index (κ3) is 7.62. The minimum absolute atomic E-state index is 0.0135. The Balaban J connectivity index is 1.19. The molecule has 388 valence electrons. The lowest BCUT2D eigenvalue weighted by Crippen LogP contribution is -2.64. The Morgan fingerprint density at radius 3 is 1.62 bits per heavy atom. The zero-order valence-corrected chi connectivity index (χ0v) is 48.9. The normalized spacial score (nSPS) is 19.2. The van der Waals surface area contributed by atoms with Crippen molar-refractivity contribution in [1.82, 2.24) is 9.55 Å². The molecule has 5 heteroatoms. The fourth-order valence-electron chi connectivity index (χ4n) is 13.9. The first-order chi connectivity index (χ1) is 35.6. The van der Waals surface area contributed by atoms with Crippen molar-refractivity contribution in [3.63, 3.8) is 0 Å². The van der Waals surface area contributed by atoms with Gasteiger partial charge in [-0.15, -0.1) is 0 Å². The van der Waals surface area contributed by atoms with Crippen LogP contribution >= 0.6 is 0 Å². The molecule has 4 heterocycles. The summed E-state index contributed by atoms with van der Waals surface area (Å²) in [5.41, 5.74) is 25.7. The van der Waals surface area contributed by atoms with Crippen LogP contribution < -0.4 is 26.2 Å². The molecule has 0 spiro atoms. The topological polar surface area (TPSA) is 24.3 Å². The molecule has 4 aliphatic rings. The monoisotopic (exact) mass is 1000 g/mol. The van der Waals surface area contributed by atoms with Crippen LogP contribution in [0.4, 0.5) is 28.4 Å². The van der Waals surface area contributed by atoms with Gasteiger partial charge in [0.05, 0.1) is 16.6 Å². The van der Waals surface area contributed by atoms with Gasteiger partial charge in [0, 0.05) is 45.1 Å². The SMILES string of the molecule is CC(C)(C)c1ccc(-c2ccc(-c3nc4cc5c(cc4n3-c3ccccc3)B3c4ccc(C(C)(C)C)c6c4N(c4cc(C(C)(C)C)cc(c43)N5c3cc(C(C)(C)C)cc(C(C)(C)C)c3)C3(C)CCCCC63C)cc2)cc1. The van der Waals surface area contributed by atoms with Gasteiger partial charge in [0.1, 0.15) is 5.82 Å². The smallest absolute Gasteiger partial charge is 0.252 e. The Hall–Kier alpha value is -6.33. The molecule has 0 N–H and O–H groups in total. The minimum Gasteiger partial charge on any atom is -0.335 e. The highest BCUT2D eigenvalue weighted by Crippen LogP contribution is 2.64. The maximum Gasteiger partial charge on any atom is 0.252 e. The first-order valence-corrected chi connectivity index (χ1v) is 28.5. The predicted molar refractivity (Wildman–Crippen MR) is 328 cm³/mol. The lowest BCUT2D eigenvalue weighted by atomic mass is 9.33. The maximum absolute atomic E-state index is 5.76. The van der Waals surface area contributed by atoms with Crippen molar-refractivity contribution >= 4 is 62.6 Å². The molecule has 7 aromatic carbocycles. The van der Waals surface area contributed by atoms with E-state index in [-0.39, 0.29) is 44.7 Å². The zero-order chi connectivity index (χ0) is 54.0. The summed E-state index contributed by atoms with van der Waals surface area (Å²) in [5, 5.41) is 0. The number of nitrogens with zero attached hydrogens (tertiary/aromatic N) is 4. The third-order valence-electron chi connectivity index (χ3n) is 18.7. The van der Waals surface area contributed by atoms with Crippen LogP contribution in [-0.2, 0) is 32.5 Å². The molecule has 1 fully saturated rings. The van der Waals surface area contributed by atoms with Gasteiger partial charge in [0.25, 0.3) is 6.71 Å². The standard InChI is InChI=1S/C71H81BN4/c1-65(2,3)47-31-29-45(30-32-47)44-25-27-46(28-26-44)64-73-56-43-57-55(42-58(56)75(64)51-23-19-18-20-24-51)72-54-34-33-53(69(13,14)15)61-63(54)76(71(17)36-22-21-35-70(61,71)16)60-41-50(68(10,11)12)40-59(62(60)72)74(57)52-38-48(66(4,5)6)37-49(39-52)67(7,8)9/h18-20,23-34,37-43H,21-22,35-36H2,1-17H3. The van der Waals surface area contributed by atoms with Crippen molar-refractivity contribution in [1.29, 1.82) is 0 Å². The molecule has 0 radical (unpaired) electrons. The van der Waals surface area contributed by atoms with E-state index in [1.54, 1.807) is 5.56 Å². The van der Waals surface area contributed by atoms with Gasteiger partial charge in [0.2, 0.25) is 0 Å². The molecule has 2 atom stereocenters. The molecule has 1 saturated carbocycles. The van der Waals surface area contributed by atoms with E-state index in [1.165, 1.54) is 103 Å². The summed E-state index contributed by atoms with van der Waals surface area (Å²) in [7, 11) is 0. The van der Waals surface area contributed by atoms with E-state index >= 15 is 0 Å². The molecular weight excluding hydrogens is 920 g/mol. The maximum atomic E-state index is 5.76. The average Bonchev–Trinajstić information content (AvgIpc) is 4.06. The Kier molecular flexibility index (Phi) is 11.0. The van der Waals surface area contributed by atoms with Crippen LogP contribution in [0, 0.1) is 0 Å². The van der Waals surface area contributed by atoms with Crippen LogP contribution in [0.1, 0.15) is 177 Å². The molecule has 76 heavy (non-hydrogen) atoms. The van der Waals surface area contributed by atoms with E-state index in [0.29, 0.717) is 0 Å². The first kappa shape index (κ1) is 50.5. The number of imidazole rings is 1. The molecule has 8 aromatic rings. The van der Waals surface area contributed by atoms with E-state index in [4.69, 9.17) is 4.98 Å². The second-order valence-corrected chi connectivity index (χ2v) is 29.0. The van der Waals surface area contributed by atoms with Crippen molar-refractivity contribution in [3.8, 4) is 28.2 Å². The fourth-order valence-corrected chi connectivity index (χ4v) is 13.9. The second kappa shape index (κ2) is 16.6. The lowest BCUT2D eigenvalue weighted by molar-refractivity contribution is 0.193. The van der Waals surface area contributed by atoms with Crippen molar-refractivity contribution in [3.05, 3.63) is 167 Å². The molecule has 4 nitrogen and oxygen atoms in total. The summed E-state index contributed by atoms with van der Waals surface area (Å²) in [6.07, 6.45) is 4.84. The number of hydrogen-bond acceptors (Lipinski definition) is 3. The molecule has 0 bridgehead atoms. The largest absolute Gasteiger partial charge is 0.335 e. The van der Waals surface area contributed by atoms with Crippen LogP contribution in [0.2, 0.25) is 0 Å². The van der Waals surface area contributed by atoms with Gasteiger partial charge in [-0.2, -0.15) is 0 Å². The second-order valence-electron chi connectivity index (χ2n) is 29.0. The van der Waals surface area contributed by atoms with Crippen LogP contribution in [0.3, 0.4) is 0 Å². The number of fused-ring (bicyclic) bond motifs is 8. The lowest BCUT2D eigenvalue weighted by Gasteiger charge is -2.53. The molecular formula is C71H81BN4. The number of benzene rings is 7. The Labute approximate surface area is 456 Å². The Bertz CT molecular complexity index is 3600. The third-order valence-corrected chi connectivity index (χ3v) is 18.7. The van der Waals surface area contributed by atoms with Crippen LogP contribution in [0.25, 0.3) is 39.2 Å². The first-order valence-electron chi connectivity index (χ1n) is 28.5. The van der Waals surface area contributed by atoms with Crippen molar-refractivity contribution in [2.75, 3.05) is 9.80 Å². The van der Waals surface area contributed by atoms with E-state index in [1.807, 2.05) is 0 Å². The van der Waals surface area contributed by atoms with Crippen molar-refractivity contribution < 1.29 is 0 Å². The van der Waals surface area contributed by atoms with Crippen LogP contribution in [0.15, 0.2) is 133 Å². The highest BCUT2D eigenvalue weighted by molar-refractivity contribution is 7.00. The van der Waals surface area contributed by atoms with Crippen LogP contribution in [-0.4, -0.2) is 21.8 Å². The Morgan fingerprint density at radius 2 is 1.03 bits per heavy atom. The van der Waals surface area contributed by atoms with Crippen molar-refractivity contribution in [2.24, 2.45) is 0 Å². The molecule has 1 aromatic heterocycles. The quantitative estimate of drug-likeness (QED) is 0.164. The number of anilines is 5. The number of rotatable bonds is 4. The Morgan fingerprint density at radius 1 is 0.474 bits per heavy atom. The van der Waals surface area contributed by atoms with Gasteiger partial charge >= 0.3 is 0 Å². The van der Waals surface area contributed by atoms with E-state index in [9.17, 15) is 0 Å². The minimum atomic E-state index is -0.109. The summed E-state index contributed by atoms with van der Waals surface area (Å²) in [6, 6.07) is 52.0. The molecule has 0 saturated heterocycles. The van der Waals surface area contributed by atoms with Gasteiger partial charge in [-0.1, -0.05) is 209 Å². The average molecular weight is 1000 g/mol. The summed E-state index contributed by atoms with van der Waals surface area (Å²) in [6.45, 7) is 40.8. The van der Waals surface area contributed by atoms with E-state index in [0.717, 1.165) is 34.5 Å². The predicted octanol–water partition coefficient (Wildman–Crippen LogP) is 17.2. The van der Waals surface area contributed by atoms with E-state index < -0.39 is 0 Å². The molecule has 1 aliphatic carbocycles. The molecule has 0 amide bonds. The number of para-hydroxylation sites is 1. The molecule has 12 rings (SSSR count). The summed E-state index contributed by atoms with van der Waals surface area (Å²) >= 11 is 0. The summed E-state index contributed by atoms with van der Waals surface area (Å²) < 4.78 is 2.43. The number of aromatic nitrogens is 2. The van der Waals surface area contributed by atoms with Gasteiger partial charge in [-0.25, -0.2) is 4.98 Å². The molecule has 2 unspecified atom stereocenters. The number of hydrogen-bond donors (Lipinski definition) is 0. The van der Waals surface area contributed by atoms with E-state index in [2.05, 4.69) is 266 Å². The van der Waals surface area contributed by atoms with Gasteiger partial charge in [0.15, 0.2) is 0 Å². The summed E-state index contributed by atoms with van der Waals surface area (Å²) in [5.74, 6) is 0.942. The van der Waals surface area contributed by atoms with Crippen LogP contribution in [0.5, 0.6) is 0 Å². The van der Waals surface area contributed by atoms with Crippen molar-refractivity contribution in [2.45, 2.75) is 181 Å². The van der Waals surface area contributed by atoms with Gasteiger partial charge in [-0.05, 0) is 156 Å². The van der Waals surface area contributed by atoms with Gasteiger partial charge in [-0.3, -0.25) is 4.57 Å². The molecule has 3 aliphatic heterocycles. The highest BCUT2D eigenvalue weighted by Gasteiger charge is 2.62.